The number of nitrogens with zero attached hydrogens (tertiary/aromatic N) is 3. The molecule has 2 heterocycles. The number of benzene rings is 1. The summed E-state index contributed by atoms with van der Waals surface area (Å²) in [5, 5.41) is -0.123. The number of thiocarbonyl (C=S) groups is 1. The molecule has 7 heteroatoms. The molecule has 0 saturated carbocycles. The van der Waals surface area contributed by atoms with Crippen LogP contribution < -0.4 is 4.90 Å². The van der Waals surface area contributed by atoms with E-state index < -0.39 is 0 Å². The Labute approximate surface area is 152 Å². The first-order valence-electron chi connectivity index (χ1n) is 8.16. The number of carbonyl (C=O) groups excluding carboxylic acids is 2. The van der Waals surface area contributed by atoms with Gasteiger partial charge in [-0.3, -0.25) is 14.5 Å². The van der Waals surface area contributed by atoms with Crippen LogP contribution in [-0.2, 0) is 9.59 Å². The predicted molar refractivity (Wildman–Crippen MR) is 101 cm³/mol. The molecular formula is C17H21N3O2S2. The van der Waals surface area contributed by atoms with Crippen LogP contribution in [0.3, 0.4) is 0 Å². The summed E-state index contributed by atoms with van der Waals surface area (Å²) in [6.45, 7) is 5.36. The van der Waals surface area contributed by atoms with Gasteiger partial charge in [-0.15, -0.1) is 0 Å². The molecule has 0 bridgehead atoms. The van der Waals surface area contributed by atoms with Crippen LogP contribution >= 0.6 is 24.0 Å². The Hall–Kier alpha value is -1.60. The maximum atomic E-state index is 12.4. The number of para-hydroxylation sites is 1. The second kappa shape index (κ2) is 7.53. The number of rotatable bonds is 4. The number of carbonyl (C=O) groups is 2. The van der Waals surface area contributed by atoms with Gasteiger partial charge in [0.1, 0.15) is 4.32 Å². The van der Waals surface area contributed by atoms with Crippen molar-refractivity contribution in [2.45, 2.75) is 18.6 Å². The van der Waals surface area contributed by atoms with E-state index in [1.165, 1.54) is 17.4 Å². The predicted octanol–water partition coefficient (Wildman–Crippen LogP) is 1.97. The van der Waals surface area contributed by atoms with Crippen LogP contribution in [0.4, 0.5) is 5.69 Å². The second-order valence-corrected chi connectivity index (χ2v) is 7.94. The fraction of sp³-hybridized carbons (Fsp3) is 0.471. The van der Waals surface area contributed by atoms with Gasteiger partial charge in [0.15, 0.2) is 0 Å². The fourth-order valence-electron chi connectivity index (χ4n) is 2.99. The fourth-order valence-corrected chi connectivity index (χ4v) is 4.45. The summed E-state index contributed by atoms with van der Waals surface area (Å²) in [6, 6.07) is 10.3. The molecule has 128 valence electrons. The van der Waals surface area contributed by atoms with Crippen molar-refractivity contribution in [2.24, 2.45) is 0 Å². The van der Waals surface area contributed by atoms with Crippen LogP contribution in [0.5, 0.6) is 0 Å². The SMILES string of the molecule is C[C@@H]1SC(=S)N(CCC(=O)N2CCN(c3ccccc3)CC2)C1=O. The highest BCUT2D eigenvalue weighted by Gasteiger charge is 2.34. The van der Waals surface area contributed by atoms with E-state index in [0.29, 0.717) is 17.3 Å². The third kappa shape index (κ3) is 3.72. The Morgan fingerprint density at radius 2 is 1.88 bits per heavy atom. The minimum Gasteiger partial charge on any atom is -0.368 e. The molecule has 5 nitrogen and oxygen atoms in total. The molecule has 2 fully saturated rings. The maximum Gasteiger partial charge on any atom is 0.241 e. The quantitative estimate of drug-likeness (QED) is 0.766. The van der Waals surface area contributed by atoms with E-state index in [1.807, 2.05) is 30.0 Å². The maximum absolute atomic E-state index is 12.4. The third-order valence-electron chi connectivity index (χ3n) is 4.41. The molecule has 0 N–H and O–H groups in total. The summed E-state index contributed by atoms with van der Waals surface area (Å²) in [6.07, 6.45) is 0.338. The lowest BCUT2D eigenvalue weighted by molar-refractivity contribution is -0.132. The zero-order valence-corrected chi connectivity index (χ0v) is 15.3. The summed E-state index contributed by atoms with van der Waals surface area (Å²) in [7, 11) is 0. The standard InChI is InChI=1S/C17H21N3O2S2/c1-13-16(22)20(17(23)24-13)8-7-15(21)19-11-9-18(10-12-19)14-5-3-2-4-6-14/h2-6,13H,7-12H2,1H3/t13-/m0/s1. The van der Waals surface area contributed by atoms with Crippen molar-refractivity contribution in [3.05, 3.63) is 30.3 Å². The van der Waals surface area contributed by atoms with Crippen LogP contribution in [0.2, 0.25) is 0 Å². The van der Waals surface area contributed by atoms with E-state index in [4.69, 9.17) is 12.2 Å². The van der Waals surface area contributed by atoms with Gasteiger partial charge in [0.25, 0.3) is 0 Å². The van der Waals surface area contributed by atoms with Crippen molar-refractivity contribution in [1.29, 1.82) is 0 Å². The summed E-state index contributed by atoms with van der Waals surface area (Å²) in [5.74, 6) is 0.120. The van der Waals surface area contributed by atoms with E-state index in [-0.39, 0.29) is 17.1 Å². The van der Waals surface area contributed by atoms with Crippen molar-refractivity contribution < 1.29 is 9.59 Å². The molecule has 1 aromatic rings. The van der Waals surface area contributed by atoms with Gasteiger partial charge in [-0.1, -0.05) is 42.2 Å². The summed E-state index contributed by atoms with van der Waals surface area (Å²) in [4.78, 5) is 30.2. The van der Waals surface area contributed by atoms with Crippen molar-refractivity contribution >= 4 is 45.8 Å². The monoisotopic (exact) mass is 363 g/mol. The topological polar surface area (TPSA) is 43.9 Å². The highest BCUT2D eigenvalue weighted by atomic mass is 32.2. The molecule has 0 radical (unpaired) electrons. The summed E-state index contributed by atoms with van der Waals surface area (Å²) < 4.78 is 0.592. The van der Waals surface area contributed by atoms with Crippen LogP contribution in [0.25, 0.3) is 0 Å². The van der Waals surface area contributed by atoms with Crippen molar-refractivity contribution in [3.63, 3.8) is 0 Å². The first-order valence-corrected chi connectivity index (χ1v) is 9.45. The molecule has 1 atom stereocenters. The average molecular weight is 364 g/mol. The molecule has 2 aliphatic heterocycles. The number of hydrogen-bond donors (Lipinski definition) is 0. The molecule has 24 heavy (non-hydrogen) atoms. The lowest BCUT2D eigenvalue weighted by atomic mass is 10.2. The second-order valence-electron chi connectivity index (χ2n) is 5.97. The van der Waals surface area contributed by atoms with E-state index in [1.54, 1.807) is 4.90 Å². The Morgan fingerprint density at radius 1 is 1.21 bits per heavy atom. The molecule has 3 rings (SSSR count). The normalized spacial score (nSPS) is 21.5. The van der Waals surface area contributed by atoms with Gasteiger partial charge in [-0.25, -0.2) is 0 Å². The van der Waals surface area contributed by atoms with Gasteiger partial charge in [0.2, 0.25) is 11.8 Å². The largest absolute Gasteiger partial charge is 0.368 e. The molecule has 0 spiro atoms. The van der Waals surface area contributed by atoms with Gasteiger partial charge in [-0.05, 0) is 19.1 Å². The zero-order chi connectivity index (χ0) is 17.1. The minimum atomic E-state index is -0.123. The van der Waals surface area contributed by atoms with Gasteiger partial charge in [0.05, 0.1) is 5.25 Å². The van der Waals surface area contributed by atoms with Crippen LogP contribution in [0.15, 0.2) is 30.3 Å². The first-order chi connectivity index (χ1) is 11.6. The highest BCUT2D eigenvalue weighted by Crippen LogP contribution is 2.26. The molecule has 0 unspecified atom stereocenters. The Morgan fingerprint density at radius 3 is 2.46 bits per heavy atom. The van der Waals surface area contributed by atoms with E-state index in [0.717, 1.165) is 26.2 Å². The average Bonchev–Trinajstić information content (AvgIpc) is 2.86. The van der Waals surface area contributed by atoms with Crippen molar-refractivity contribution in [2.75, 3.05) is 37.6 Å². The smallest absolute Gasteiger partial charge is 0.241 e. The van der Waals surface area contributed by atoms with Crippen LogP contribution in [-0.4, -0.2) is 63.9 Å². The van der Waals surface area contributed by atoms with E-state index in [9.17, 15) is 9.59 Å². The lowest BCUT2D eigenvalue weighted by Gasteiger charge is -2.36. The molecule has 1 aromatic carbocycles. The summed E-state index contributed by atoms with van der Waals surface area (Å²) in [5.41, 5.74) is 1.20. The minimum absolute atomic E-state index is 0.0201. The first kappa shape index (κ1) is 17.2. The Bertz CT molecular complexity index is 630. The van der Waals surface area contributed by atoms with Gasteiger partial charge < -0.3 is 9.80 Å². The third-order valence-corrected chi connectivity index (χ3v) is 5.90. The van der Waals surface area contributed by atoms with Crippen molar-refractivity contribution in [3.8, 4) is 0 Å². The zero-order valence-electron chi connectivity index (χ0n) is 13.7. The number of amides is 2. The summed E-state index contributed by atoms with van der Waals surface area (Å²) >= 11 is 6.61. The number of hydrogen-bond acceptors (Lipinski definition) is 5. The van der Waals surface area contributed by atoms with Crippen LogP contribution in [0.1, 0.15) is 13.3 Å². The molecule has 2 saturated heterocycles. The molecule has 2 amide bonds. The number of anilines is 1. The highest BCUT2D eigenvalue weighted by molar-refractivity contribution is 8.24. The van der Waals surface area contributed by atoms with Gasteiger partial charge >= 0.3 is 0 Å². The van der Waals surface area contributed by atoms with E-state index in [2.05, 4.69) is 17.0 Å². The Kier molecular flexibility index (Phi) is 5.40. The lowest BCUT2D eigenvalue weighted by Crippen LogP contribution is -2.49. The van der Waals surface area contributed by atoms with Crippen molar-refractivity contribution in [1.82, 2.24) is 9.80 Å². The van der Waals surface area contributed by atoms with Crippen LogP contribution in [0, 0.1) is 0 Å². The van der Waals surface area contributed by atoms with E-state index >= 15 is 0 Å². The Balaban J connectivity index is 1.47. The van der Waals surface area contributed by atoms with Gasteiger partial charge in [0, 0.05) is 44.8 Å². The number of piperazine rings is 1. The molecule has 0 aromatic heterocycles. The molecular weight excluding hydrogens is 342 g/mol. The van der Waals surface area contributed by atoms with Gasteiger partial charge in [-0.2, -0.15) is 0 Å². The molecule has 0 aliphatic carbocycles. The number of thioether (sulfide) groups is 1. The molecule has 2 aliphatic rings.